The lowest BCUT2D eigenvalue weighted by Crippen LogP contribution is -2.87. The van der Waals surface area contributed by atoms with E-state index in [0.29, 0.717) is 0 Å². The van der Waals surface area contributed by atoms with Gasteiger partial charge in [-0.1, -0.05) is 0 Å². The Morgan fingerprint density at radius 2 is 1.06 bits per heavy atom. The lowest BCUT2D eigenvalue weighted by molar-refractivity contribution is -0.484. The van der Waals surface area contributed by atoms with Gasteiger partial charge in [0.25, 0.3) is 11.2 Å². The van der Waals surface area contributed by atoms with Crippen LogP contribution in [-0.4, -0.2) is 72.2 Å². The monoisotopic (exact) mass is 580 g/mol. The van der Waals surface area contributed by atoms with Gasteiger partial charge in [0.1, 0.15) is 11.3 Å². The van der Waals surface area contributed by atoms with Gasteiger partial charge < -0.3 is 4.90 Å². The Bertz CT molecular complexity index is 939. The van der Waals surface area contributed by atoms with Crippen molar-refractivity contribution in [2.24, 2.45) is 10.4 Å². The van der Waals surface area contributed by atoms with E-state index in [9.17, 15) is 83.4 Å². The van der Waals surface area contributed by atoms with Crippen molar-refractivity contribution >= 4 is 5.71 Å². The van der Waals surface area contributed by atoms with Gasteiger partial charge in [0.2, 0.25) is 0 Å². The molecule has 0 aromatic heterocycles. The van der Waals surface area contributed by atoms with E-state index < -0.39 is 88.9 Å². The number of allylic oxidation sites excluding steroid dienone is 1. The lowest BCUT2D eigenvalue weighted by atomic mass is 9.60. The maximum Gasteiger partial charge on any atom is 0.459 e. The van der Waals surface area contributed by atoms with Crippen LogP contribution < -0.4 is 0 Å². The summed E-state index contributed by atoms with van der Waals surface area (Å²) in [4.78, 5) is -0.256. The fraction of sp³-hybridized carbons (Fsp3) is 0.786. The molecule has 0 bridgehead atoms. The molecule has 2 aliphatic rings. The minimum Gasteiger partial charge on any atom is -0.333 e. The molecule has 1 atom stereocenters. The topological polar surface area (TPSA) is 15.6 Å². The highest BCUT2D eigenvalue weighted by Crippen LogP contribution is 2.77. The van der Waals surface area contributed by atoms with Crippen molar-refractivity contribution in [1.82, 2.24) is 4.90 Å². The highest BCUT2D eigenvalue weighted by Gasteiger charge is 3.00. The molecule has 0 aromatic rings. The van der Waals surface area contributed by atoms with E-state index in [1.165, 1.54) is 0 Å². The number of hydrogen-bond acceptors (Lipinski definition) is 2. The molecule has 0 amide bonds. The maximum atomic E-state index is 15.2. The Labute approximate surface area is 183 Å². The van der Waals surface area contributed by atoms with Gasteiger partial charge in [0.05, 0.1) is 12.2 Å². The predicted octanol–water partition coefficient (Wildman–Crippen LogP) is 6.75. The maximum absolute atomic E-state index is 15.2. The van der Waals surface area contributed by atoms with Crippen LogP contribution in [0, 0.1) is 5.41 Å². The van der Waals surface area contributed by atoms with Crippen LogP contribution >= 0.6 is 0 Å². The van der Waals surface area contributed by atoms with E-state index in [4.69, 9.17) is 0 Å². The Balaban J connectivity index is 3.27. The molecule has 36 heavy (non-hydrogen) atoms. The standard InChI is InChI=1S/C14H4F20N2/c15-7(16,13(29,30)31)4-3(8(17,18)19)5-6(11(23,24)25,12(26,27)28)10(22,36(5)2-1-35-4)9(20,21)14(32,33)34/h1-2H2. The summed E-state index contributed by atoms with van der Waals surface area (Å²) in [5.41, 5.74) is -20.0. The fourth-order valence-corrected chi connectivity index (χ4v) is 3.76. The van der Waals surface area contributed by atoms with Crippen molar-refractivity contribution in [3.8, 4) is 0 Å². The molecule has 210 valence electrons. The Morgan fingerprint density at radius 3 is 1.36 bits per heavy atom. The molecular formula is C14H4F20N2. The quantitative estimate of drug-likeness (QED) is 0.261. The van der Waals surface area contributed by atoms with Gasteiger partial charge in [-0.15, -0.1) is 0 Å². The second kappa shape index (κ2) is 7.44. The number of halogens is 20. The van der Waals surface area contributed by atoms with Crippen molar-refractivity contribution in [1.29, 1.82) is 0 Å². The van der Waals surface area contributed by atoms with Gasteiger partial charge in [0.15, 0.2) is 0 Å². The Kier molecular flexibility index (Phi) is 6.21. The average molecular weight is 580 g/mol. The molecule has 0 aromatic carbocycles. The molecule has 2 heterocycles. The van der Waals surface area contributed by atoms with Crippen LogP contribution in [0.25, 0.3) is 0 Å². The zero-order valence-corrected chi connectivity index (χ0v) is 15.9. The molecule has 0 spiro atoms. The SMILES string of the molecule is FC(F)(F)C1=C2N(CCN=C1C(F)(F)C(F)(F)F)C(F)(C(F)(F)C(F)(F)F)C2(C(F)(F)F)C(F)(F)F. The van der Waals surface area contributed by atoms with E-state index in [0.717, 1.165) is 0 Å². The van der Waals surface area contributed by atoms with Crippen molar-refractivity contribution in [2.75, 3.05) is 13.1 Å². The number of aliphatic imine (C=N–C) groups is 1. The number of rotatable bonds is 2. The first-order chi connectivity index (χ1) is 15.5. The van der Waals surface area contributed by atoms with Crippen LogP contribution in [-0.2, 0) is 0 Å². The molecule has 0 radical (unpaired) electrons. The van der Waals surface area contributed by atoms with Crippen molar-refractivity contribution < 1.29 is 87.8 Å². The second-order valence-corrected chi connectivity index (χ2v) is 7.12. The van der Waals surface area contributed by atoms with Crippen LogP contribution in [0.5, 0.6) is 0 Å². The fourth-order valence-electron chi connectivity index (χ4n) is 3.76. The summed E-state index contributed by atoms with van der Waals surface area (Å²) in [5, 5.41) is 0. The van der Waals surface area contributed by atoms with E-state index >= 15 is 4.39 Å². The zero-order valence-electron chi connectivity index (χ0n) is 15.9. The number of fused-ring (bicyclic) bond motifs is 1. The van der Waals surface area contributed by atoms with Gasteiger partial charge in [0, 0.05) is 6.54 Å². The zero-order chi connectivity index (χ0) is 28.9. The van der Waals surface area contributed by atoms with Gasteiger partial charge in [-0.2, -0.15) is 83.4 Å². The van der Waals surface area contributed by atoms with Gasteiger partial charge in [-0.05, 0) is 0 Å². The molecule has 0 saturated carbocycles. The van der Waals surface area contributed by atoms with E-state index in [2.05, 4.69) is 0 Å². The Morgan fingerprint density at radius 1 is 0.639 bits per heavy atom. The molecule has 1 saturated heterocycles. The highest BCUT2D eigenvalue weighted by molar-refractivity contribution is 6.08. The van der Waals surface area contributed by atoms with Crippen molar-refractivity contribution in [3.63, 3.8) is 0 Å². The average Bonchev–Trinajstić information content (AvgIpc) is 2.75. The first kappa shape index (κ1) is 30.0. The molecule has 1 unspecified atom stereocenters. The molecule has 2 aliphatic heterocycles. The van der Waals surface area contributed by atoms with Gasteiger partial charge in [-0.25, -0.2) is 4.39 Å². The molecular weight excluding hydrogens is 576 g/mol. The van der Waals surface area contributed by atoms with E-state index in [1.54, 1.807) is 0 Å². The lowest BCUT2D eigenvalue weighted by Gasteiger charge is -2.65. The summed E-state index contributed by atoms with van der Waals surface area (Å²) in [7, 11) is 0. The van der Waals surface area contributed by atoms with Crippen LogP contribution in [0.2, 0.25) is 0 Å². The third kappa shape index (κ3) is 3.43. The van der Waals surface area contributed by atoms with Gasteiger partial charge in [-0.3, -0.25) is 4.99 Å². The van der Waals surface area contributed by atoms with Gasteiger partial charge >= 0.3 is 42.7 Å². The molecule has 2 rings (SSSR count). The van der Waals surface area contributed by atoms with Crippen LogP contribution in [0.15, 0.2) is 16.3 Å². The predicted molar refractivity (Wildman–Crippen MR) is 72.5 cm³/mol. The molecule has 0 aliphatic carbocycles. The number of nitrogens with zero attached hydrogens (tertiary/aromatic N) is 2. The summed E-state index contributed by atoms with van der Waals surface area (Å²) in [6.45, 7) is -4.86. The summed E-state index contributed by atoms with van der Waals surface area (Å²) in [5.74, 6) is -22.1. The summed E-state index contributed by atoms with van der Waals surface area (Å²) >= 11 is 0. The normalized spacial score (nSPS) is 24.8. The van der Waals surface area contributed by atoms with Crippen LogP contribution in [0.4, 0.5) is 87.8 Å². The van der Waals surface area contributed by atoms with Crippen LogP contribution in [0.1, 0.15) is 0 Å². The molecule has 0 N–H and O–H groups in total. The molecule has 2 nitrogen and oxygen atoms in total. The second-order valence-electron chi connectivity index (χ2n) is 7.12. The van der Waals surface area contributed by atoms with E-state index in [-0.39, 0.29) is 0 Å². The van der Waals surface area contributed by atoms with Crippen molar-refractivity contribution in [2.45, 2.75) is 48.5 Å². The highest BCUT2D eigenvalue weighted by atomic mass is 19.4. The van der Waals surface area contributed by atoms with E-state index in [1.807, 2.05) is 4.99 Å². The summed E-state index contributed by atoms with van der Waals surface area (Å²) in [6, 6.07) is 0. The van der Waals surface area contributed by atoms with Crippen molar-refractivity contribution in [3.05, 3.63) is 11.3 Å². The first-order valence-electron chi connectivity index (χ1n) is 8.33. The van der Waals surface area contributed by atoms with Crippen LogP contribution in [0.3, 0.4) is 0 Å². The Hall–Kier alpha value is -2.19. The summed E-state index contributed by atoms with van der Waals surface area (Å²) in [6.07, 6.45) is -38.0. The molecule has 1 fully saturated rings. The largest absolute Gasteiger partial charge is 0.459 e. The number of alkyl halides is 20. The minimum atomic E-state index is -7.96. The molecule has 22 heteroatoms. The third-order valence-electron chi connectivity index (χ3n) is 5.12. The smallest absolute Gasteiger partial charge is 0.333 e. The summed E-state index contributed by atoms with van der Waals surface area (Å²) < 4.78 is 270. The third-order valence-corrected chi connectivity index (χ3v) is 5.12. The minimum absolute atomic E-state index is 1.89. The number of hydrogen-bond donors (Lipinski definition) is 0. The first-order valence-corrected chi connectivity index (χ1v) is 8.33.